The highest BCUT2D eigenvalue weighted by Crippen LogP contribution is 2.34. The molecule has 2 aromatic rings. The van der Waals surface area contributed by atoms with Gasteiger partial charge < -0.3 is 9.64 Å². The van der Waals surface area contributed by atoms with Crippen molar-refractivity contribution >= 4 is 27.3 Å². The number of amides is 1. The number of carbonyl (C=O) groups is 1. The fraction of sp³-hybridized carbons (Fsp3) is 0.316. The summed E-state index contributed by atoms with van der Waals surface area (Å²) in [7, 11) is -2.28. The second-order valence-electron chi connectivity index (χ2n) is 6.39. The van der Waals surface area contributed by atoms with Crippen molar-refractivity contribution < 1.29 is 17.9 Å². The Kier molecular flexibility index (Phi) is 4.91. The molecule has 0 radical (unpaired) electrons. The van der Waals surface area contributed by atoms with E-state index in [-0.39, 0.29) is 10.8 Å². The second kappa shape index (κ2) is 6.99. The number of aryl methyl sites for hydroxylation is 2. The third-order valence-electron chi connectivity index (χ3n) is 4.58. The van der Waals surface area contributed by atoms with Crippen LogP contribution in [0.5, 0.6) is 5.75 Å². The number of benzene rings is 2. The number of sulfonamides is 1. The zero-order valence-corrected chi connectivity index (χ0v) is 15.9. The van der Waals surface area contributed by atoms with Crippen molar-refractivity contribution in [2.45, 2.75) is 31.6 Å². The van der Waals surface area contributed by atoms with Crippen molar-refractivity contribution in [3.8, 4) is 5.75 Å². The van der Waals surface area contributed by atoms with Gasteiger partial charge in [0.15, 0.2) is 0 Å². The van der Waals surface area contributed by atoms with Crippen molar-refractivity contribution in [3.63, 3.8) is 0 Å². The van der Waals surface area contributed by atoms with Crippen LogP contribution >= 0.6 is 0 Å². The number of hydrogen-bond donors (Lipinski definition) is 1. The van der Waals surface area contributed by atoms with Gasteiger partial charge >= 0.3 is 0 Å². The molecule has 0 bridgehead atoms. The van der Waals surface area contributed by atoms with Crippen LogP contribution in [0.2, 0.25) is 0 Å². The molecule has 0 aliphatic carbocycles. The maximum Gasteiger partial charge on any atom is 0.261 e. The quantitative estimate of drug-likeness (QED) is 0.872. The molecule has 1 aliphatic heterocycles. The zero-order chi connectivity index (χ0) is 18.9. The number of nitrogens with zero attached hydrogens (tertiary/aromatic N) is 1. The average molecular weight is 374 g/mol. The lowest BCUT2D eigenvalue weighted by molar-refractivity contribution is -0.117. The van der Waals surface area contributed by atoms with Crippen molar-refractivity contribution in [3.05, 3.63) is 47.5 Å². The molecule has 138 valence electrons. The molecule has 0 atom stereocenters. The first-order valence-electron chi connectivity index (χ1n) is 8.40. The van der Waals surface area contributed by atoms with Gasteiger partial charge in [0.05, 0.1) is 17.7 Å². The van der Waals surface area contributed by atoms with Gasteiger partial charge in [0.2, 0.25) is 5.91 Å². The molecule has 0 aromatic heterocycles. The van der Waals surface area contributed by atoms with Crippen LogP contribution in [-0.4, -0.2) is 28.0 Å². The Balaban J connectivity index is 1.96. The second-order valence-corrected chi connectivity index (χ2v) is 8.07. The molecule has 26 heavy (non-hydrogen) atoms. The highest BCUT2D eigenvalue weighted by molar-refractivity contribution is 7.92. The van der Waals surface area contributed by atoms with E-state index in [2.05, 4.69) is 4.72 Å². The molecule has 0 spiro atoms. The van der Waals surface area contributed by atoms with E-state index < -0.39 is 10.0 Å². The van der Waals surface area contributed by atoms with E-state index >= 15 is 0 Å². The minimum absolute atomic E-state index is 0.0278. The monoisotopic (exact) mass is 374 g/mol. The van der Waals surface area contributed by atoms with E-state index in [1.807, 2.05) is 19.9 Å². The molecule has 1 amide bonds. The molecule has 3 rings (SSSR count). The Hall–Kier alpha value is -2.54. The Morgan fingerprint density at radius 2 is 1.85 bits per heavy atom. The van der Waals surface area contributed by atoms with Crippen molar-refractivity contribution in [2.24, 2.45) is 0 Å². The highest BCUT2D eigenvalue weighted by Gasteiger charge is 2.26. The van der Waals surface area contributed by atoms with Gasteiger partial charge in [-0.25, -0.2) is 8.42 Å². The minimum Gasteiger partial charge on any atom is -0.495 e. The molecule has 1 saturated heterocycles. The van der Waals surface area contributed by atoms with Gasteiger partial charge in [-0.2, -0.15) is 0 Å². The number of ether oxygens (including phenoxy) is 1. The Labute approximate surface area is 153 Å². The Bertz CT molecular complexity index is 954. The van der Waals surface area contributed by atoms with Crippen LogP contribution in [0.25, 0.3) is 0 Å². The third-order valence-corrected chi connectivity index (χ3v) is 5.96. The summed E-state index contributed by atoms with van der Waals surface area (Å²) in [4.78, 5) is 13.7. The lowest BCUT2D eigenvalue weighted by Gasteiger charge is -2.20. The van der Waals surface area contributed by atoms with Crippen LogP contribution in [0.4, 0.5) is 11.4 Å². The van der Waals surface area contributed by atoms with Crippen LogP contribution < -0.4 is 14.4 Å². The summed E-state index contributed by atoms with van der Waals surface area (Å²) < 4.78 is 33.5. The molecule has 1 heterocycles. The van der Waals surface area contributed by atoms with E-state index in [1.165, 1.54) is 19.2 Å². The summed E-state index contributed by atoms with van der Waals surface area (Å²) in [6.45, 7) is 4.46. The van der Waals surface area contributed by atoms with Gasteiger partial charge in [-0.1, -0.05) is 6.07 Å². The van der Waals surface area contributed by atoms with Crippen LogP contribution in [0, 0.1) is 13.8 Å². The van der Waals surface area contributed by atoms with E-state index in [9.17, 15) is 13.2 Å². The first kappa shape index (κ1) is 18.3. The van der Waals surface area contributed by atoms with Gasteiger partial charge in [-0.05, 0) is 61.7 Å². The van der Waals surface area contributed by atoms with Crippen LogP contribution in [0.1, 0.15) is 24.0 Å². The molecule has 6 nitrogen and oxygen atoms in total. The fourth-order valence-corrected chi connectivity index (χ4v) is 4.04. The van der Waals surface area contributed by atoms with Crippen molar-refractivity contribution in [2.75, 3.05) is 23.3 Å². The third kappa shape index (κ3) is 3.53. The summed E-state index contributed by atoms with van der Waals surface area (Å²) >= 11 is 0. The highest BCUT2D eigenvalue weighted by atomic mass is 32.2. The number of carbonyl (C=O) groups excluding carboxylic acids is 1. The lowest BCUT2D eigenvalue weighted by atomic mass is 10.1. The smallest absolute Gasteiger partial charge is 0.261 e. The SMILES string of the molecule is COc1ccc(S(=O)(=O)Nc2ccc(C)c(C)c2)cc1N1CCCC1=O. The van der Waals surface area contributed by atoms with Crippen LogP contribution in [0.15, 0.2) is 41.3 Å². The van der Waals surface area contributed by atoms with Gasteiger partial charge in [0.25, 0.3) is 10.0 Å². The average Bonchev–Trinajstić information content (AvgIpc) is 3.03. The predicted molar refractivity (Wildman–Crippen MR) is 101 cm³/mol. The van der Waals surface area contributed by atoms with Gasteiger partial charge in [-0.3, -0.25) is 9.52 Å². The Morgan fingerprint density at radius 1 is 1.08 bits per heavy atom. The lowest BCUT2D eigenvalue weighted by Crippen LogP contribution is -2.24. The summed E-state index contributed by atoms with van der Waals surface area (Å²) in [6, 6.07) is 9.94. The van der Waals surface area contributed by atoms with Crippen LogP contribution in [-0.2, 0) is 14.8 Å². The molecule has 1 aliphatic rings. The maximum atomic E-state index is 12.8. The summed E-state index contributed by atoms with van der Waals surface area (Å²) in [5, 5.41) is 0. The van der Waals surface area contributed by atoms with Gasteiger partial charge in [-0.15, -0.1) is 0 Å². The number of nitrogens with one attached hydrogen (secondary N) is 1. The van der Waals surface area contributed by atoms with E-state index in [1.54, 1.807) is 23.1 Å². The van der Waals surface area contributed by atoms with Crippen LogP contribution in [0.3, 0.4) is 0 Å². The predicted octanol–water partition coefficient (Wildman–Crippen LogP) is 3.24. The van der Waals surface area contributed by atoms with Crippen molar-refractivity contribution in [1.82, 2.24) is 0 Å². The first-order chi connectivity index (χ1) is 12.3. The number of methoxy groups -OCH3 is 1. The molecule has 7 heteroatoms. The maximum absolute atomic E-state index is 12.8. The van der Waals surface area contributed by atoms with E-state index in [0.717, 1.165) is 17.5 Å². The van der Waals surface area contributed by atoms with Gasteiger partial charge in [0, 0.05) is 18.7 Å². The molecular weight excluding hydrogens is 352 g/mol. The minimum atomic E-state index is -3.78. The molecule has 0 unspecified atom stereocenters. The molecule has 0 saturated carbocycles. The normalized spacial score (nSPS) is 14.6. The fourth-order valence-electron chi connectivity index (χ4n) is 2.97. The Morgan fingerprint density at radius 3 is 2.46 bits per heavy atom. The number of anilines is 2. The molecule has 1 N–H and O–H groups in total. The van der Waals surface area contributed by atoms with E-state index in [0.29, 0.717) is 30.1 Å². The summed E-state index contributed by atoms with van der Waals surface area (Å²) in [5.74, 6) is 0.449. The molecular formula is C19H22N2O4S. The summed E-state index contributed by atoms with van der Waals surface area (Å²) in [5.41, 5.74) is 3.08. The molecule has 1 fully saturated rings. The first-order valence-corrected chi connectivity index (χ1v) is 9.88. The standard InChI is InChI=1S/C19H22N2O4S/c1-13-6-7-15(11-14(13)2)20-26(23,24)16-8-9-18(25-3)17(12-16)21-10-4-5-19(21)22/h6-9,11-12,20H,4-5,10H2,1-3H3. The zero-order valence-electron chi connectivity index (χ0n) is 15.1. The summed E-state index contributed by atoms with van der Waals surface area (Å²) in [6.07, 6.45) is 1.21. The van der Waals surface area contributed by atoms with Gasteiger partial charge in [0.1, 0.15) is 5.75 Å². The number of rotatable bonds is 5. The van der Waals surface area contributed by atoms with E-state index in [4.69, 9.17) is 4.74 Å². The molecule has 2 aromatic carbocycles. The van der Waals surface area contributed by atoms with Crippen molar-refractivity contribution in [1.29, 1.82) is 0 Å². The largest absolute Gasteiger partial charge is 0.495 e. The number of hydrogen-bond acceptors (Lipinski definition) is 4. The topological polar surface area (TPSA) is 75.7 Å².